The van der Waals surface area contributed by atoms with E-state index in [9.17, 15) is 0 Å². The number of nitrogens with one attached hydrogen (secondary N) is 1. The van der Waals surface area contributed by atoms with Crippen LogP contribution in [0.15, 0.2) is 42.5 Å². The molecule has 2 aromatic carbocycles. The molecule has 21 heavy (non-hydrogen) atoms. The minimum atomic E-state index is -0.0399. The van der Waals surface area contributed by atoms with Crippen molar-refractivity contribution in [2.75, 3.05) is 0 Å². The summed E-state index contributed by atoms with van der Waals surface area (Å²) in [5, 5.41) is 0. The molecule has 0 aliphatic rings. The van der Waals surface area contributed by atoms with E-state index in [2.05, 4.69) is 49.6 Å². The number of aryl methyl sites for hydroxylation is 2. The maximum Gasteiger partial charge on any atom is 0.120 e. The second-order valence-corrected chi connectivity index (χ2v) is 5.64. The Bertz CT molecular complexity index is 588. The first-order valence-corrected chi connectivity index (χ1v) is 7.31. The molecule has 2 rings (SSSR count). The predicted molar refractivity (Wildman–Crippen MR) is 87.3 cm³/mol. The lowest BCUT2D eigenvalue weighted by Gasteiger charge is -2.22. The Morgan fingerprint density at radius 3 is 2.19 bits per heavy atom. The summed E-state index contributed by atoms with van der Waals surface area (Å²) >= 11 is 0. The highest BCUT2D eigenvalue weighted by molar-refractivity contribution is 5.43. The zero-order valence-electron chi connectivity index (χ0n) is 13.2. The number of hydrazine groups is 1. The van der Waals surface area contributed by atoms with Gasteiger partial charge in [0.25, 0.3) is 0 Å². The van der Waals surface area contributed by atoms with Gasteiger partial charge in [0.15, 0.2) is 0 Å². The van der Waals surface area contributed by atoms with E-state index in [0.717, 1.165) is 11.3 Å². The maximum atomic E-state index is 5.84. The fourth-order valence-electron chi connectivity index (χ4n) is 2.67. The van der Waals surface area contributed by atoms with Gasteiger partial charge >= 0.3 is 0 Å². The summed E-state index contributed by atoms with van der Waals surface area (Å²) in [5.74, 6) is 6.70. The third-order valence-electron chi connectivity index (χ3n) is 3.56. The highest BCUT2D eigenvalue weighted by Gasteiger charge is 2.17. The van der Waals surface area contributed by atoms with Crippen molar-refractivity contribution >= 4 is 0 Å². The molecule has 0 aromatic heterocycles. The minimum Gasteiger partial charge on any atom is -0.491 e. The van der Waals surface area contributed by atoms with Gasteiger partial charge in [0, 0.05) is 0 Å². The highest BCUT2D eigenvalue weighted by Crippen LogP contribution is 2.29. The average Bonchev–Trinajstić information content (AvgIpc) is 2.42. The van der Waals surface area contributed by atoms with Gasteiger partial charge in [-0.1, -0.05) is 30.3 Å². The van der Waals surface area contributed by atoms with E-state index < -0.39 is 0 Å². The Labute approximate surface area is 127 Å². The maximum absolute atomic E-state index is 5.84. The number of hydrogen-bond donors (Lipinski definition) is 2. The van der Waals surface area contributed by atoms with E-state index in [1.807, 2.05) is 26.0 Å². The smallest absolute Gasteiger partial charge is 0.120 e. The molecule has 3 N–H and O–H groups in total. The summed E-state index contributed by atoms with van der Waals surface area (Å²) in [7, 11) is 0. The van der Waals surface area contributed by atoms with Crippen LogP contribution in [0, 0.1) is 13.8 Å². The monoisotopic (exact) mass is 284 g/mol. The largest absolute Gasteiger partial charge is 0.491 e. The second kappa shape index (κ2) is 6.74. The lowest BCUT2D eigenvalue weighted by molar-refractivity contribution is 0.242. The van der Waals surface area contributed by atoms with E-state index >= 15 is 0 Å². The van der Waals surface area contributed by atoms with E-state index in [0.29, 0.717) is 0 Å². The number of ether oxygens (including phenoxy) is 1. The average molecular weight is 284 g/mol. The van der Waals surface area contributed by atoms with Gasteiger partial charge in [0.05, 0.1) is 12.1 Å². The van der Waals surface area contributed by atoms with Gasteiger partial charge in [0.2, 0.25) is 0 Å². The van der Waals surface area contributed by atoms with E-state index in [4.69, 9.17) is 10.6 Å². The Morgan fingerprint density at radius 1 is 1.00 bits per heavy atom. The van der Waals surface area contributed by atoms with E-state index in [1.165, 1.54) is 16.7 Å². The first-order chi connectivity index (χ1) is 10.0. The van der Waals surface area contributed by atoms with Gasteiger partial charge in [-0.2, -0.15) is 0 Å². The van der Waals surface area contributed by atoms with Gasteiger partial charge in [-0.25, -0.2) is 5.43 Å². The number of rotatable bonds is 5. The summed E-state index contributed by atoms with van der Waals surface area (Å²) in [4.78, 5) is 0. The van der Waals surface area contributed by atoms with E-state index in [1.54, 1.807) is 0 Å². The minimum absolute atomic E-state index is 0.0399. The third-order valence-corrected chi connectivity index (χ3v) is 3.56. The second-order valence-electron chi connectivity index (χ2n) is 5.64. The lowest BCUT2D eigenvalue weighted by Crippen LogP contribution is -2.30. The topological polar surface area (TPSA) is 47.3 Å². The summed E-state index contributed by atoms with van der Waals surface area (Å²) < 4.78 is 5.78. The molecule has 2 aromatic rings. The van der Waals surface area contributed by atoms with Crippen LogP contribution in [-0.4, -0.2) is 6.10 Å². The van der Waals surface area contributed by atoms with Crippen molar-refractivity contribution < 1.29 is 4.74 Å². The lowest BCUT2D eigenvalue weighted by atomic mass is 9.91. The van der Waals surface area contributed by atoms with Crippen LogP contribution in [0.25, 0.3) is 0 Å². The number of hydrogen-bond acceptors (Lipinski definition) is 3. The summed E-state index contributed by atoms with van der Waals surface area (Å²) in [6.45, 7) is 8.27. The molecule has 0 radical (unpaired) electrons. The predicted octanol–water partition coefficient (Wildman–Crippen LogP) is 3.64. The SMILES string of the molecule is Cc1cccc(C)c1C(NN)c1cccc(OC(C)C)c1. The molecule has 0 saturated heterocycles. The molecule has 1 unspecified atom stereocenters. The molecule has 0 aliphatic carbocycles. The van der Waals surface area contributed by atoms with Crippen molar-refractivity contribution in [1.29, 1.82) is 0 Å². The van der Waals surface area contributed by atoms with Crippen molar-refractivity contribution in [3.63, 3.8) is 0 Å². The molecular weight excluding hydrogens is 260 g/mol. The van der Waals surface area contributed by atoms with Crippen molar-refractivity contribution in [2.24, 2.45) is 5.84 Å². The van der Waals surface area contributed by atoms with Gasteiger partial charge in [-0.15, -0.1) is 0 Å². The molecule has 0 fully saturated rings. The summed E-state index contributed by atoms with van der Waals surface area (Å²) in [5.41, 5.74) is 7.73. The Morgan fingerprint density at radius 2 is 1.62 bits per heavy atom. The van der Waals surface area contributed by atoms with Gasteiger partial charge in [0.1, 0.15) is 5.75 Å². The van der Waals surface area contributed by atoms with Crippen molar-refractivity contribution in [3.8, 4) is 5.75 Å². The van der Waals surface area contributed by atoms with Crippen molar-refractivity contribution in [3.05, 3.63) is 64.7 Å². The van der Waals surface area contributed by atoms with E-state index in [-0.39, 0.29) is 12.1 Å². The van der Waals surface area contributed by atoms with Gasteiger partial charge < -0.3 is 4.74 Å². The Balaban J connectivity index is 2.42. The van der Waals surface area contributed by atoms with Crippen LogP contribution in [0.3, 0.4) is 0 Å². The fourth-order valence-corrected chi connectivity index (χ4v) is 2.67. The molecule has 0 aliphatic heterocycles. The van der Waals surface area contributed by atoms with Crippen LogP contribution < -0.4 is 16.0 Å². The molecule has 0 bridgehead atoms. The van der Waals surface area contributed by atoms with Crippen LogP contribution in [0.5, 0.6) is 5.75 Å². The van der Waals surface area contributed by atoms with Crippen molar-refractivity contribution in [1.82, 2.24) is 5.43 Å². The first-order valence-electron chi connectivity index (χ1n) is 7.31. The molecule has 3 heteroatoms. The van der Waals surface area contributed by atoms with Crippen LogP contribution in [0.4, 0.5) is 0 Å². The molecule has 0 spiro atoms. The van der Waals surface area contributed by atoms with Crippen LogP contribution in [0.2, 0.25) is 0 Å². The number of nitrogens with two attached hydrogens (primary N) is 1. The zero-order valence-corrected chi connectivity index (χ0v) is 13.2. The van der Waals surface area contributed by atoms with Crippen molar-refractivity contribution in [2.45, 2.75) is 39.8 Å². The van der Waals surface area contributed by atoms with Crippen LogP contribution >= 0.6 is 0 Å². The third kappa shape index (κ3) is 3.63. The summed E-state index contributed by atoms with van der Waals surface area (Å²) in [6.07, 6.45) is 0.157. The van der Waals surface area contributed by atoms with Crippen LogP contribution in [-0.2, 0) is 0 Å². The zero-order chi connectivity index (χ0) is 15.4. The fraction of sp³-hybridized carbons (Fsp3) is 0.333. The highest BCUT2D eigenvalue weighted by atomic mass is 16.5. The molecule has 0 amide bonds. The Kier molecular flexibility index (Phi) is 4.99. The summed E-state index contributed by atoms with van der Waals surface area (Å²) in [6, 6.07) is 14.4. The molecule has 3 nitrogen and oxygen atoms in total. The Hall–Kier alpha value is -1.84. The molecule has 1 atom stereocenters. The van der Waals surface area contributed by atoms with Gasteiger partial charge in [-0.05, 0) is 62.1 Å². The molecular formula is C18H24N2O. The molecule has 112 valence electrons. The quantitative estimate of drug-likeness (QED) is 0.651. The van der Waals surface area contributed by atoms with Crippen LogP contribution in [0.1, 0.15) is 42.1 Å². The molecule has 0 heterocycles. The standard InChI is InChI=1S/C18H24N2O/c1-12(2)21-16-10-6-9-15(11-16)18(20-19)17-13(3)7-5-8-14(17)4/h5-12,18,20H,19H2,1-4H3. The molecule has 0 saturated carbocycles. The number of benzene rings is 2. The normalized spacial score (nSPS) is 12.5. The first kappa shape index (κ1) is 15.5. The van der Waals surface area contributed by atoms with Gasteiger partial charge in [-0.3, -0.25) is 5.84 Å².